The van der Waals surface area contributed by atoms with Crippen LogP contribution in [0.3, 0.4) is 0 Å². The molecule has 0 unspecified atom stereocenters. The van der Waals surface area contributed by atoms with E-state index in [1.165, 1.54) is 4.90 Å². The highest BCUT2D eigenvalue weighted by atomic mass is 16.2. The maximum absolute atomic E-state index is 12.5. The summed E-state index contributed by atoms with van der Waals surface area (Å²) in [6.07, 6.45) is 0.654. The summed E-state index contributed by atoms with van der Waals surface area (Å²) < 4.78 is 0. The quantitative estimate of drug-likeness (QED) is 0.562. The van der Waals surface area contributed by atoms with Crippen LogP contribution < -0.4 is 5.32 Å². The first-order chi connectivity index (χ1) is 14.2. The van der Waals surface area contributed by atoms with E-state index in [0.717, 1.165) is 5.56 Å². The van der Waals surface area contributed by atoms with Gasteiger partial charge >= 0.3 is 0 Å². The lowest BCUT2D eigenvalue weighted by atomic mass is 9.95. The van der Waals surface area contributed by atoms with Crippen LogP contribution >= 0.6 is 0 Å². The predicted octanol–water partition coefficient (Wildman–Crippen LogP) is 3.61. The number of rotatable bonds is 7. The van der Waals surface area contributed by atoms with Crippen LogP contribution in [0.5, 0.6) is 0 Å². The predicted molar refractivity (Wildman–Crippen MR) is 113 cm³/mol. The fraction of sp³-hybridized carbons (Fsp3) is 0.333. The van der Waals surface area contributed by atoms with Gasteiger partial charge in [0.1, 0.15) is 0 Å². The first-order valence-electron chi connectivity index (χ1n) is 10.0. The molecule has 30 heavy (non-hydrogen) atoms. The van der Waals surface area contributed by atoms with Crippen LogP contribution in [-0.2, 0) is 11.3 Å². The van der Waals surface area contributed by atoms with Crippen LogP contribution in [0.15, 0.2) is 48.5 Å². The second-order valence-electron chi connectivity index (χ2n) is 8.46. The second-order valence-corrected chi connectivity index (χ2v) is 8.46. The summed E-state index contributed by atoms with van der Waals surface area (Å²) in [5.74, 6) is -0.679. The molecule has 156 valence electrons. The van der Waals surface area contributed by atoms with Crippen molar-refractivity contribution < 1.29 is 19.2 Å². The Bertz CT molecular complexity index is 952. The molecule has 1 aliphatic heterocycles. The minimum Gasteiger partial charge on any atom is -0.352 e. The first kappa shape index (κ1) is 21.4. The zero-order valence-corrected chi connectivity index (χ0v) is 17.5. The van der Waals surface area contributed by atoms with Crippen molar-refractivity contribution in [3.8, 4) is 0 Å². The number of nitrogens with one attached hydrogen (secondary N) is 1. The molecule has 0 radical (unpaired) electrons. The van der Waals surface area contributed by atoms with E-state index in [-0.39, 0.29) is 36.5 Å². The SMILES string of the molecule is CC(C)(C)C(=O)NCc1ccc(C(=O)CCCN2C(=O)c3ccccc3C2=O)cc1. The molecule has 2 aromatic rings. The van der Waals surface area contributed by atoms with E-state index in [2.05, 4.69) is 5.32 Å². The van der Waals surface area contributed by atoms with Gasteiger partial charge in [0.2, 0.25) is 5.91 Å². The molecular weight excluding hydrogens is 380 g/mol. The van der Waals surface area contributed by atoms with Gasteiger partial charge < -0.3 is 5.32 Å². The number of imide groups is 1. The Labute approximate surface area is 176 Å². The number of amides is 3. The number of benzene rings is 2. The first-order valence-corrected chi connectivity index (χ1v) is 10.0. The molecule has 2 aromatic carbocycles. The van der Waals surface area contributed by atoms with E-state index < -0.39 is 5.41 Å². The van der Waals surface area contributed by atoms with E-state index >= 15 is 0 Å². The minimum absolute atomic E-state index is 0.0317. The highest BCUT2D eigenvalue weighted by molar-refractivity contribution is 6.21. The van der Waals surface area contributed by atoms with Gasteiger partial charge in [-0.25, -0.2) is 0 Å². The smallest absolute Gasteiger partial charge is 0.261 e. The Balaban J connectivity index is 1.49. The van der Waals surface area contributed by atoms with E-state index in [0.29, 0.717) is 29.7 Å². The maximum Gasteiger partial charge on any atom is 0.261 e. The van der Waals surface area contributed by atoms with Crippen LogP contribution in [0.1, 0.15) is 70.3 Å². The molecule has 0 atom stereocenters. The third kappa shape index (κ3) is 4.64. The van der Waals surface area contributed by atoms with E-state index in [1.54, 1.807) is 36.4 Å². The molecular formula is C24H26N2O4. The Morgan fingerprint density at radius 1 is 0.900 bits per heavy atom. The normalized spacial score (nSPS) is 13.4. The molecule has 1 aliphatic rings. The standard InChI is InChI=1S/C24H26N2O4/c1-24(2,3)23(30)25-15-16-10-12-17(13-11-16)20(27)9-6-14-26-21(28)18-7-4-5-8-19(18)22(26)29/h4-5,7-8,10-13H,6,9,14-15H2,1-3H3,(H,25,30). The average Bonchev–Trinajstić information content (AvgIpc) is 2.96. The molecule has 1 N–H and O–H groups in total. The lowest BCUT2D eigenvalue weighted by molar-refractivity contribution is -0.128. The number of carbonyl (C=O) groups excluding carboxylic acids is 4. The van der Waals surface area contributed by atoms with Crippen LogP contribution in [0.2, 0.25) is 0 Å². The fourth-order valence-electron chi connectivity index (χ4n) is 3.24. The number of carbonyl (C=O) groups is 4. The Morgan fingerprint density at radius 3 is 2.00 bits per heavy atom. The van der Waals surface area contributed by atoms with Crippen molar-refractivity contribution in [3.05, 3.63) is 70.8 Å². The third-order valence-electron chi connectivity index (χ3n) is 5.07. The Morgan fingerprint density at radius 2 is 1.47 bits per heavy atom. The molecule has 0 aliphatic carbocycles. The van der Waals surface area contributed by atoms with Crippen molar-refractivity contribution in [3.63, 3.8) is 0 Å². The van der Waals surface area contributed by atoms with Crippen LogP contribution in [0.25, 0.3) is 0 Å². The highest BCUT2D eigenvalue weighted by Gasteiger charge is 2.34. The summed E-state index contributed by atoms with van der Waals surface area (Å²) in [6.45, 7) is 6.18. The van der Waals surface area contributed by atoms with Gasteiger partial charge in [0.15, 0.2) is 5.78 Å². The minimum atomic E-state index is -0.449. The molecule has 6 nitrogen and oxygen atoms in total. The zero-order valence-electron chi connectivity index (χ0n) is 17.5. The summed E-state index contributed by atoms with van der Waals surface area (Å²) in [5, 5.41) is 2.88. The summed E-state index contributed by atoms with van der Waals surface area (Å²) in [7, 11) is 0. The van der Waals surface area contributed by atoms with E-state index in [4.69, 9.17) is 0 Å². The van der Waals surface area contributed by atoms with Crippen molar-refractivity contribution in [1.29, 1.82) is 0 Å². The van der Waals surface area contributed by atoms with Crippen molar-refractivity contribution >= 4 is 23.5 Å². The lowest BCUT2D eigenvalue weighted by Gasteiger charge is -2.17. The van der Waals surface area contributed by atoms with Crippen LogP contribution in [0, 0.1) is 5.41 Å². The van der Waals surface area contributed by atoms with Crippen molar-refractivity contribution in [2.24, 2.45) is 5.41 Å². The topological polar surface area (TPSA) is 83.6 Å². The molecule has 0 bridgehead atoms. The summed E-state index contributed by atoms with van der Waals surface area (Å²) in [6, 6.07) is 13.9. The molecule has 3 rings (SSSR count). The van der Waals surface area contributed by atoms with Gasteiger partial charge in [-0.1, -0.05) is 57.2 Å². The van der Waals surface area contributed by atoms with E-state index in [1.807, 2.05) is 32.9 Å². The van der Waals surface area contributed by atoms with E-state index in [9.17, 15) is 19.2 Å². The van der Waals surface area contributed by atoms with Gasteiger partial charge in [-0.15, -0.1) is 0 Å². The number of hydrogen-bond acceptors (Lipinski definition) is 4. The largest absolute Gasteiger partial charge is 0.352 e. The third-order valence-corrected chi connectivity index (χ3v) is 5.07. The fourth-order valence-corrected chi connectivity index (χ4v) is 3.24. The number of ketones is 1. The number of fused-ring (bicyclic) bond motifs is 1. The summed E-state index contributed by atoms with van der Waals surface area (Å²) >= 11 is 0. The Kier molecular flexibility index (Phi) is 6.15. The molecule has 0 aromatic heterocycles. The maximum atomic E-state index is 12.5. The monoisotopic (exact) mass is 406 g/mol. The van der Waals surface area contributed by atoms with Crippen molar-refractivity contribution in [1.82, 2.24) is 10.2 Å². The Hall–Kier alpha value is -3.28. The van der Waals surface area contributed by atoms with Gasteiger partial charge in [-0.3, -0.25) is 24.1 Å². The van der Waals surface area contributed by atoms with Gasteiger partial charge in [0.25, 0.3) is 11.8 Å². The van der Waals surface area contributed by atoms with Crippen molar-refractivity contribution in [2.75, 3.05) is 6.54 Å². The molecule has 0 spiro atoms. The zero-order chi connectivity index (χ0) is 21.9. The second kappa shape index (κ2) is 8.61. The van der Waals surface area contributed by atoms with Gasteiger partial charge in [-0.2, -0.15) is 0 Å². The molecule has 0 saturated heterocycles. The summed E-state index contributed by atoms with van der Waals surface area (Å²) in [4.78, 5) is 50.3. The number of hydrogen-bond donors (Lipinski definition) is 1. The van der Waals surface area contributed by atoms with Crippen LogP contribution in [-0.4, -0.2) is 34.9 Å². The number of nitrogens with zero attached hydrogens (tertiary/aromatic N) is 1. The summed E-state index contributed by atoms with van der Waals surface area (Å²) in [5.41, 5.74) is 1.87. The number of Topliss-reactive ketones (excluding diaryl/α,β-unsaturated/α-hetero) is 1. The van der Waals surface area contributed by atoms with Gasteiger partial charge in [-0.05, 0) is 24.1 Å². The highest BCUT2D eigenvalue weighted by Crippen LogP contribution is 2.23. The van der Waals surface area contributed by atoms with Crippen LogP contribution in [0.4, 0.5) is 0 Å². The lowest BCUT2D eigenvalue weighted by Crippen LogP contribution is -2.34. The molecule has 1 heterocycles. The molecule has 0 fully saturated rings. The van der Waals surface area contributed by atoms with Gasteiger partial charge in [0.05, 0.1) is 11.1 Å². The van der Waals surface area contributed by atoms with Gasteiger partial charge in [0, 0.05) is 30.5 Å². The molecule has 0 saturated carbocycles. The van der Waals surface area contributed by atoms with Crippen molar-refractivity contribution in [2.45, 2.75) is 40.2 Å². The average molecular weight is 406 g/mol. The molecule has 6 heteroatoms. The molecule has 3 amide bonds.